The standard InChI is InChI=1S/C15H32N4O4/c1-13(17-15(21)23-11-9-19(5,6)7)12-16-14(20)22-10-8-18(2,3)4/h13H,8-12H2,1-7H3/p+2. The molecule has 0 aromatic carbocycles. The molecule has 0 aliphatic carbocycles. The van der Waals surface area contributed by atoms with Crippen LogP contribution in [0, 0.1) is 0 Å². The number of nitrogens with one attached hydrogen (secondary N) is 2. The van der Waals surface area contributed by atoms with Crippen molar-refractivity contribution in [1.82, 2.24) is 10.6 Å². The van der Waals surface area contributed by atoms with Gasteiger partial charge in [-0.1, -0.05) is 0 Å². The topological polar surface area (TPSA) is 76.7 Å². The number of hydrogen-bond donors (Lipinski definition) is 2. The third-order valence-electron chi connectivity index (χ3n) is 2.91. The first-order valence-electron chi connectivity index (χ1n) is 7.84. The molecule has 8 heteroatoms. The van der Waals surface area contributed by atoms with Crippen LogP contribution < -0.4 is 10.6 Å². The molecule has 0 saturated carbocycles. The minimum absolute atomic E-state index is 0.238. The smallest absolute Gasteiger partial charge is 0.407 e. The van der Waals surface area contributed by atoms with Gasteiger partial charge in [0.05, 0.1) is 42.3 Å². The van der Waals surface area contributed by atoms with Crippen LogP contribution in [0.15, 0.2) is 0 Å². The number of alkyl carbamates (subject to hydrolysis) is 2. The number of ether oxygens (including phenoxy) is 2. The highest BCUT2D eigenvalue weighted by atomic mass is 16.6. The van der Waals surface area contributed by atoms with Gasteiger partial charge in [-0.2, -0.15) is 0 Å². The summed E-state index contributed by atoms with van der Waals surface area (Å²) >= 11 is 0. The molecule has 8 nitrogen and oxygen atoms in total. The van der Waals surface area contributed by atoms with E-state index in [2.05, 4.69) is 10.6 Å². The lowest BCUT2D eigenvalue weighted by Crippen LogP contribution is -2.44. The Hall–Kier alpha value is -1.54. The first-order valence-corrected chi connectivity index (χ1v) is 7.84. The Bertz CT molecular complexity index is 375. The maximum Gasteiger partial charge on any atom is 0.407 e. The predicted octanol–water partition coefficient (Wildman–Crippen LogP) is 0.240. The summed E-state index contributed by atoms with van der Waals surface area (Å²) < 4.78 is 11.6. The highest BCUT2D eigenvalue weighted by molar-refractivity contribution is 5.68. The van der Waals surface area contributed by atoms with Crippen LogP contribution in [0.4, 0.5) is 9.59 Å². The van der Waals surface area contributed by atoms with E-state index in [-0.39, 0.29) is 12.6 Å². The molecule has 2 N–H and O–H groups in total. The molecule has 0 saturated heterocycles. The van der Waals surface area contributed by atoms with Gasteiger partial charge in [0, 0.05) is 12.6 Å². The first-order chi connectivity index (χ1) is 10.4. The van der Waals surface area contributed by atoms with Gasteiger partial charge in [-0.25, -0.2) is 9.59 Å². The average molecular weight is 334 g/mol. The second kappa shape index (κ2) is 9.57. The van der Waals surface area contributed by atoms with E-state index in [9.17, 15) is 9.59 Å². The molecule has 0 aromatic heterocycles. The predicted molar refractivity (Wildman–Crippen MR) is 89.1 cm³/mol. The van der Waals surface area contributed by atoms with Crippen molar-refractivity contribution in [3.63, 3.8) is 0 Å². The molecule has 23 heavy (non-hydrogen) atoms. The van der Waals surface area contributed by atoms with Crippen LogP contribution >= 0.6 is 0 Å². The van der Waals surface area contributed by atoms with E-state index in [4.69, 9.17) is 9.47 Å². The zero-order valence-corrected chi connectivity index (χ0v) is 15.6. The van der Waals surface area contributed by atoms with Gasteiger partial charge in [0.25, 0.3) is 0 Å². The van der Waals surface area contributed by atoms with Crippen molar-refractivity contribution < 1.29 is 28.0 Å². The molecule has 0 fully saturated rings. The van der Waals surface area contributed by atoms with Gasteiger partial charge in [-0.15, -0.1) is 0 Å². The molecule has 0 aromatic rings. The van der Waals surface area contributed by atoms with Crippen molar-refractivity contribution in [1.29, 1.82) is 0 Å². The lowest BCUT2D eigenvalue weighted by atomic mass is 10.3. The number of quaternary nitrogens is 2. The van der Waals surface area contributed by atoms with E-state index in [0.717, 1.165) is 22.1 Å². The fourth-order valence-electron chi connectivity index (χ4n) is 1.41. The van der Waals surface area contributed by atoms with Crippen molar-refractivity contribution in [2.45, 2.75) is 13.0 Å². The molecular formula is C15H34N4O4+2. The Kier molecular flexibility index (Phi) is 8.93. The van der Waals surface area contributed by atoms with Crippen LogP contribution in [0.5, 0.6) is 0 Å². The molecule has 0 heterocycles. The van der Waals surface area contributed by atoms with Crippen molar-refractivity contribution in [2.75, 3.05) is 75.1 Å². The lowest BCUT2D eigenvalue weighted by molar-refractivity contribution is -0.870. The van der Waals surface area contributed by atoms with Crippen LogP contribution in [0.25, 0.3) is 0 Å². The molecule has 1 unspecified atom stereocenters. The summed E-state index contributed by atoms with van der Waals surface area (Å²) in [5.41, 5.74) is 0. The molecule has 0 aliphatic rings. The maximum absolute atomic E-state index is 11.6. The second-order valence-electron chi connectivity index (χ2n) is 7.73. The average Bonchev–Trinajstić information content (AvgIpc) is 2.33. The number of nitrogens with zero attached hydrogens (tertiary/aromatic N) is 2. The highest BCUT2D eigenvalue weighted by Gasteiger charge is 2.13. The minimum atomic E-state index is -0.481. The Labute approximate surface area is 139 Å². The van der Waals surface area contributed by atoms with Gasteiger partial charge in [-0.3, -0.25) is 0 Å². The van der Waals surface area contributed by atoms with E-state index in [1.807, 2.05) is 42.3 Å². The fourth-order valence-corrected chi connectivity index (χ4v) is 1.41. The number of amides is 2. The van der Waals surface area contributed by atoms with Crippen LogP contribution in [-0.4, -0.2) is 102 Å². The van der Waals surface area contributed by atoms with Crippen molar-refractivity contribution in [3.8, 4) is 0 Å². The number of carbonyl (C=O) groups excluding carboxylic acids is 2. The monoisotopic (exact) mass is 334 g/mol. The Morgan fingerprint density at radius 3 is 1.74 bits per heavy atom. The summed E-state index contributed by atoms with van der Waals surface area (Å²) in [5.74, 6) is 0. The normalized spacial score (nSPS) is 13.2. The summed E-state index contributed by atoms with van der Waals surface area (Å²) in [4.78, 5) is 23.1. The Morgan fingerprint density at radius 1 is 0.870 bits per heavy atom. The molecular weight excluding hydrogens is 300 g/mol. The van der Waals surface area contributed by atoms with Crippen LogP contribution in [-0.2, 0) is 9.47 Å². The minimum Gasteiger partial charge on any atom is -0.444 e. The lowest BCUT2D eigenvalue weighted by Gasteiger charge is -2.24. The molecule has 136 valence electrons. The summed E-state index contributed by atoms with van der Waals surface area (Å²) in [6, 6.07) is -0.238. The van der Waals surface area contributed by atoms with Gasteiger partial charge in [-0.05, 0) is 6.92 Å². The maximum atomic E-state index is 11.6. The molecule has 2 amide bonds. The van der Waals surface area contributed by atoms with Gasteiger partial charge in [0.15, 0.2) is 0 Å². The SMILES string of the molecule is CC(CNC(=O)OCC[N+](C)(C)C)NC(=O)OCC[N+](C)(C)C. The second-order valence-corrected chi connectivity index (χ2v) is 7.73. The molecule has 0 spiro atoms. The van der Waals surface area contributed by atoms with Gasteiger partial charge >= 0.3 is 12.2 Å². The summed E-state index contributed by atoms with van der Waals surface area (Å²) in [6.07, 6.45) is -0.961. The summed E-state index contributed by atoms with van der Waals surface area (Å²) in [7, 11) is 12.2. The number of carbonyl (C=O) groups is 2. The van der Waals surface area contributed by atoms with Gasteiger partial charge < -0.3 is 29.1 Å². The third kappa shape index (κ3) is 15.1. The zero-order valence-electron chi connectivity index (χ0n) is 15.6. The fraction of sp³-hybridized carbons (Fsp3) is 0.867. The third-order valence-corrected chi connectivity index (χ3v) is 2.91. The van der Waals surface area contributed by atoms with Gasteiger partial charge in [0.2, 0.25) is 0 Å². The van der Waals surface area contributed by atoms with E-state index >= 15 is 0 Å². The van der Waals surface area contributed by atoms with Crippen LogP contribution in [0.1, 0.15) is 6.92 Å². The Balaban J connectivity index is 3.78. The molecule has 0 bridgehead atoms. The molecule has 0 aliphatic heterocycles. The Morgan fingerprint density at radius 2 is 1.30 bits per heavy atom. The van der Waals surface area contributed by atoms with E-state index in [0.29, 0.717) is 13.2 Å². The number of hydrogen-bond acceptors (Lipinski definition) is 4. The van der Waals surface area contributed by atoms with Crippen molar-refractivity contribution in [2.24, 2.45) is 0 Å². The quantitative estimate of drug-likeness (QED) is 0.592. The van der Waals surface area contributed by atoms with E-state index < -0.39 is 12.2 Å². The molecule has 0 rings (SSSR count). The van der Waals surface area contributed by atoms with E-state index in [1.165, 1.54) is 0 Å². The summed E-state index contributed by atoms with van der Waals surface area (Å²) in [5, 5.41) is 5.27. The van der Waals surface area contributed by atoms with Gasteiger partial charge in [0.1, 0.15) is 26.3 Å². The summed E-state index contributed by atoms with van der Waals surface area (Å²) in [6.45, 7) is 4.24. The van der Waals surface area contributed by atoms with Crippen LogP contribution in [0.2, 0.25) is 0 Å². The first kappa shape index (κ1) is 21.5. The highest BCUT2D eigenvalue weighted by Crippen LogP contribution is 1.92. The zero-order chi connectivity index (χ0) is 18.1. The molecule has 0 radical (unpaired) electrons. The molecule has 1 atom stereocenters. The van der Waals surface area contributed by atoms with Crippen LogP contribution in [0.3, 0.4) is 0 Å². The van der Waals surface area contributed by atoms with Crippen molar-refractivity contribution >= 4 is 12.2 Å². The number of rotatable bonds is 9. The largest absolute Gasteiger partial charge is 0.444 e. The van der Waals surface area contributed by atoms with E-state index in [1.54, 1.807) is 6.92 Å². The van der Waals surface area contributed by atoms with Crippen molar-refractivity contribution in [3.05, 3.63) is 0 Å². The number of likely N-dealkylation sites (N-methyl/N-ethyl adjacent to an activating group) is 2.